The molecule has 0 heterocycles. The number of carbonyl (C=O) groups excluding carboxylic acids is 2. The molecule has 1 atom stereocenters. The first-order valence-electron chi connectivity index (χ1n) is 5.47. The van der Waals surface area contributed by atoms with Crippen LogP contribution in [0.15, 0.2) is 0 Å². The van der Waals surface area contributed by atoms with Crippen molar-refractivity contribution in [3.05, 3.63) is 0 Å². The molecule has 0 spiro atoms. The van der Waals surface area contributed by atoms with E-state index >= 15 is 0 Å². The zero-order valence-corrected chi connectivity index (χ0v) is 11.3. The topological polar surface area (TPSA) is 108 Å². The summed E-state index contributed by atoms with van der Waals surface area (Å²) in [5, 5.41) is 15.5. The number of rotatable bonds is 8. The van der Waals surface area contributed by atoms with E-state index in [9.17, 15) is 14.4 Å². The van der Waals surface area contributed by atoms with Crippen molar-refractivity contribution in [1.29, 1.82) is 0 Å². The van der Waals surface area contributed by atoms with Crippen LogP contribution in [0, 0.1) is 0 Å². The second kappa shape index (κ2) is 9.58. The molecule has 0 aromatic heterocycles. The highest BCUT2D eigenvalue weighted by Crippen LogP contribution is 1.99. The van der Waals surface area contributed by atoms with E-state index in [2.05, 4.69) is 16.0 Å². The lowest BCUT2D eigenvalue weighted by Crippen LogP contribution is -2.45. The number of carboxylic acid groups (broad SMARTS) is 1. The van der Waals surface area contributed by atoms with Crippen LogP contribution in [0.1, 0.15) is 13.3 Å². The van der Waals surface area contributed by atoms with Gasteiger partial charge in [-0.2, -0.15) is 11.8 Å². The number of thioether (sulfide) groups is 1. The predicted molar refractivity (Wildman–Crippen MR) is 69.6 cm³/mol. The monoisotopic (exact) mass is 277 g/mol. The third kappa shape index (κ3) is 9.76. The molecule has 4 N–H and O–H groups in total. The van der Waals surface area contributed by atoms with Gasteiger partial charge in [0.25, 0.3) is 0 Å². The molecule has 18 heavy (non-hydrogen) atoms. The van der Waals surface area contributed by atoms with E-state index in [1.54, 1.807) is 11.8 Å². The maximum absolute atomic E-state index is 11.3. The molecule has 104 valence electrons. The maximum Gasteiger partial charge on any atom is 0.322 e. The number of hydrogen-bond donors (Lipinski definition) is 4. The van der Waals surface area contributed by atoms with Gasteiger partial charge in [-0.3, -0.25) is 9.59 Å². The molecule has 1 unspecified atom stereocenters. The van der Waals surface area contributed by atoms with Gasteiger partial charge in [-0.05, 0) is 25.4 Å². The smallest absolute Gasteiger partial charge is 0.322 e. The van der Waals surface area contributed by atoms with Crippen molar-refractivity contribution in [2.75, 3.05) is 25.1 Å². The van der Waals surface area contributed by atoms with Crippen molar-refractivity contribution >= 4 is 29.7 Å². The highest BCUT2D eigenvalue weighted by atomic mass is 32.2. The number of carbonyl (C=O) groups is 3. The number of nitrogens with one attached hydrogen (secondary N) is 3. The van der Waals surface area contributed by atoms with Gasteiger partial charge in [0, 0.05) is 6.04 Å². The average Bonchev–Trinajstić information content (AvgIpc) is 2.31. The summed E-state index contributed by atoms with van der Waals surface area (Å²) in [5.74, 6) is -0.719. The van der Waals surface area contributed by atoms with E-state index in [1.807, 2.05) is 13.2 Å². The number of amides is 3. The van der Waals surface area contributed by atoms with Gasteiger partial charge in [-0.1, -0.05) is 0 Å². The summed E-state index contributed by atoms with van der Waals surface area (Å²) in [4.78, 5) is 32.6. The summed E-state index contributed by atoms with van der Waals surface area (Å²) in [6.07, 6.45) is 2.83. The summed E-state index contributed by atoms with van der Waals surface area (Å²) in [6, 6.07) is -0.409. The van der Waals surface area contributed by atoms with Gasteiger partial charge in [-0.15, -0.1) is 0 Å². The lowest BCUT2D eigenvalue weighted by molar-refractivity contribution is -0.137. The number of hydrogen-bond acceptors (Lipinski definition) is 4. The van der Waals surface area contributed by atoms with Crippen molar-refractivity contribution in [1.82, 2.24) is 16.0 Å². The lowest BCUT2D eigenvalue weighted by atomic mass is 10.3. The average molecular weight is 277 g/mol. The summed E-state index contributed by atoms with van der Waals surface area (Å²) < 4.78 is 0. The Bertz CT molecular complexity index is 299. The summed E-state index contributed by atoms with van der Waals surface area (Å²) in [6.45, 7) is 1.18. The van der Waals surface area contributed by atoms with E-state index in [0.29, 0.717) is 0 Å². The fourth-order valence-corrected chi connectivity index (χ4v) is 1.63. The Hall–Kier alpha value is -1.44. The van der Waals surface area contributed by atoms with E-state index in [4.69, 9.17) is 5.11 Å². The van der Waals surface area contributed by atoms with Crippen LogP contribution >= 0.6 is 11.8 Å². The molecule has 0 aromatic rings. The third-order valence-corrected chi connectivity index (χ3v) is 2.62. The van der Waals surface area contributed by atoms with Gasteiger partial charge in [-0.25, -0.2) is 4.79 Å². The Balaban J connectivity index is 3.69. The van der Waals surface area contributed by atoms with Crippen LogP contribution in [0.4, 0.5) is 4.79 Å². The maximum atomic E-state index is 11.3. The largest absolute Gasteiger partial charge is 0.480 e. The summed E-state index contributed by atoms with van der Waals surface area (Å²) in [5.41, 5.74) is 0. The van der Waals surface area contributed by atoms with Crippen LogP contribution in [0.3, 0.4) is 0 Å². The van der Waals surface area contributed by atoms with Crippen molar-refractivity contribution in [3.8, 4) is 0 Å². The van der Waals surface area contributed by atoms with Gasteiger partial charge in [0.1, 0.15) is 6.54 Å². The second-order valence-electron chi connectivity index (χ2n) is 3.68. The van der Waals surface area contributed by atoms with Gasteiger partial charge in [0.15, 0.2) is 0 Å². The molecule has 0 rings (SSSR count). The molecule has 0 fully saturated rings. The van der Waals surface area contributed by atoms with Crippen molar-refractivity contribution in [3.63, 3.8) is 0 Å². The fourth-order valence-electron chi connectivity index (χ4n) is 1.04. The van der Waals surface area contributed by atoms with E-state index < -0.39 is 24.5 Å². The van der Waals surface area contributed by atoms with Crippen molar-refractivity contribution in [2.24, 2.45) is 0 Å². The first kappa shape index (κ1) is 16.6. The fraction of sp³-hybridized carbons (Fsp3) is 0.700. The molecule has 8 heteroatoms. The molecule has 7 nitrogen and oxygen atoms in total. The normalized spacial score (nSPS) is 11.4. The highest BCUT2D eigenvalue weighted by molar-refractivity contribution is 7.98. The van der Waals surface area contributed by atoms with E-state index in [0.717, 1.165) is 12.2 Å². The minimum atomic E-state index is -1.13. The molecular weight excluding hydrogens is 258 g/mol. The minimum absolute atomic E-state index is 0.0273. The summed E-state index contributed by atoms with van der Waals surface area (Å²) >= 11 is 1.69. The Morgan fingerprint density at radius 3 is 2.44 bits per heavy atom. The number of aliphatic carboxylic acids is 1. The Labute approximate surface area is 110 Å². The Morgan fingerprint density at radius 1 is 1.22 bits per heavy atom. The molecule has 0 aliphatic carbocycles. The zero-order valence-electron chi connectivity index (χ0n) is 10.5. The summed E-state index contributed by atoms with van der Waals surface area (Å²) in [7, 11) is 0. The van der Waals surface area contributed by atoms with Crippen LogP contribution in [0.25, 0.3) is 0 Å². The second-order valence-corrected chi connectivity index (χ2v) is 4.67. The predicted octanol–water partition coefficient (Wildman–Crippen LogP) is -0.372. The first-order valence-corrected chi connectivity index (χ1v) is 6.87. The standard InChI is InChI=1S/C10H19N3O4S/c1-7(3-4-18-2)13-10(17)12-5-8(14)11-6-9(15)16/h7H,3-6H2,1-2H3,(H,11,14)(H,15,16)(H2,12,13,17). The lowest BCUT2D eigenvalue weighted by Gasteiger charge is -2.13. The van der Waals surface area contributed by atoms with Crippen LogP contribution in [0.2, 0.25) is 0 Å². The van der Waals surface area contributed by atoms with Crippen molar-refractivity contribution in [2.45, 2.75) is 19.4 Å². The molecule has 0 aliphatic heterocycles. The Kier molecular flexibility index (Phi) is 8.81. The van der Waals surface area contributed by atoms with Gasteiger partial charge < -0.3 is 21.1 Å². The molecule has 3 amide bonds. The SMILES string of the molecule is CSCCC(C)NC(=O)NCC(=O)NCC(=O)O. The molecule has 0 saturated heterocycles. The third-order valence-electron chi connectivity index (χ3n) is 1.98. The number of carboxylic acids is 1. The van der Waals surface area contributed by atoms with Gasteiger partial charge >= 0.3 is 12.0 Å². The van der Waals surface area contributed by atoms with Gasteiger partial charge in [0.2, 0.25) is 5.91 Å². The molecule has 0 radical (unpaired) electrons. The van der Waals surface area contributed by atoms with Gasteiger partial charge in [0.05, 0.1) is 6.54 Å². The van der Waals surface area contributed by atoms with Crippen molar-refractivity contribution < 1.29 is 19.5 Å². The van der Waals surface area contributed by atoms with Crippen LogP contribution < -0.4 is 16.0 Å². The first-order chi connectivity index (χ1) is 8.45. The quantitative estimate of drug-likeness (QED) is 0.484. The molecule has 0 aromatic carbocycles. The highest BCUT2D eigenvalue weighted by Gasteiger charge is 2.08. The van der Waals surface area contributed by atoms with Crippen LogP contribution in [-0.2, 0) is 9.59 Å². The van der Waals surface area contributed by atoms with Crippen LogP contribution in [-0.4, -0.2) is 54.2 Å². The molecule has 0 saturated carbocycles. The van der Waals surface area contributed by atoms with E-state index in [-0.39, 0.29) is 12.6 Å². The zero-order chi connectivity index (χ0) is 14.0. The molecule has 0 bridgehead atoms. The van der Waals surface area contributed by atoms with Crippen LogP contribution in [0.5, 0.6) is 0 Å². The Morgan fingerprint density at radius 2 is 1.89 bits per heavy atom. The molecular formula is C10H19N3O4S. The molecule has 0 aliphatic rings. The minimum Gasteiger partial charge on any atom is -0.480 e. The number of urea groups is 1. The van der Waals surface area contributed by atoms with E-state index in [1.165, 1.54) is 0 Å².